The Kier molecular flexibility index (Phi) is 5.59. The number of hydrogen-bond acceptors (Lipinski definition) is 7. The monoisotopic (exact) mass is 455 g/mol. The lowest BCUT2D eigenvalue weighted by molar-refractivity contribution is 0.219. The van der Waals surface area contributed by atoms with Gasteiger partial charge in [-0.05, 0) is 49.2 Å². The molecule has 5 aromatic rings. The molecule has 2 aromatic carbocycles. The summed E-state index contributed by atoms with van der Waals surface area (Å²) in [7, 11) is 1.86. The summed E-state index contributed by atoms with van der Waals surface area (Å²) in [5, 5.41) is 8.01. The van der Waals surface area contributed by atoms with Crippen LogP contribution in [0.5, 0.6) is 5.75 Å². The largest absolute Gasteiger partial charge is 0.482 e. The first kappa shape index (κ1) is 21.4. The van der Waals surface area contributed by atoms with E-state index < -0.39 is 6.10 Å². The highest BCUT2D eigenvalue weighted by molar-refractivity contribution is 5.98. The zero-order valence-electron chi connectivity index (χ0n) is 18.9. The fourth-order valence-electron chi connectivity index (χ4n) is 3.71. The molecule has 0 amide bonds. The van der Waals surface area contributed by atoms with Gasteiger partial charge in [-0.1, -0.05) is 12.1 Å². The van der Waals surface area contributed by atoms with Gasteiger partial charge in [0.1, 0.15) is 23.7 Å². The molecule has 0 aliphatic rings. The smallest absolute Gasteiger partial charge is 0.168 e. The second kappa shape index (κ2) is 8.86. The zero-order valence-corrected chi connectivity index (χ0v) is 18.9. The number of rotatable bonds is 6. The van der Waals surface area contributed by atoms with Gasteiger partial charge in [0.2, 0.25) is 0 Å². The van der Waals surface area contributed by atoms with Crippen LogP contribution in [0.1, 0.15) is 24.4 Å². The van der Waals surface area contributed by atoms with Crippen molar-refractivity contribution in [3.63, 3.8) is 0 Å². The first-order chi connectivity index (χ1) is 16.5. The van der Waals surface area contributed by atoms with Crippen LogP contribution in [0.4, 0.5) is 15.9 Å². The SMILES string of the molecule is Cc1cccc(Nc2ncnc3cc(-c4cnn(C)c4)cc(O[C@H](C)c4ncccn4)c23)c1F. The number of nitrogens with one attached hydrogen (secondary N) is 1. The molecule has 8 nitrogen and oxygen atoms in total. The molecular weight excluding hydrogens is 433 g/mol. The van der Waals surface area contributed by atoms with Gasteiger partial charge >= 0.3 is 0 Å². The van der Waals surface area contributed by atoms with E-state index in [0.29, 0.717) is 39.5 Å². The lowest BCUT2D eigenvalue weighted by Crippen LogP contribution is -2.08. The molecule has 0 saturated carbocycles. The topological polar surface area (TPSA) is 90.6 Å². The average molecular weight is 455 g/mol. The Hall–Kier alpha value is -4.40. The Balaban J connectivity index is 1.65. The van der Waals surface area contributed by atoms with Crippen LogP contribution >= 0.6 is 0 Å². The van der Waals surface area contributed by atoms with Crippen molar-refractivity contribution < 1.29 is 9.13 Å². The fraction of sp³-hybridized carbons (Fsp3) is 0.160. The number of nitrogens with zero attached hydrogens (tertiary/aromatic N) is 6. The molecule has 0 bridgehead atoms. The Bertz CT molecular complexity index is 1470. The first-order valence-corrected chi connectivity index (χ1v) is 10.7. The molecule has 1 N–H and O–H groups in total. The highest BCUT2D eigenvalue weighted by Gasteiger charge is 2.19. The number of ether oxygens (including phenoxy) is 1. The van der Waals surface area contributed by atoms with Gasteiger partial charge in [0.25, 0.3) is 0 Å². The first-order valence-electron chi connectivity index (χ1n) is 10.7. The maximum atomic E-state index is 14.7. The standard InChI is InChI=1S/C25H22FN7O/c1-15-6-4-7-19(23(15)26)32-25-22-20(29-14-30-25)10-17(18-12-31-33(3)13-18)11-21(22)34-16(2)24-27-8-5-9-28-24/h4-14,16H,1-3H3,(H,29,30,32)/t16-/m1/s1. The molecule has 0 unspecified atom stereocenters. The van der Waals surface area contributed by atoms with Crippen molar-refractivity contribution >= 4 is 22.4 Å². The van der Waals surface area contributed by atoms with E-state index >= 15 is 0 Å². The molecule has 0 aliphatic carbocycles. The molecule has 0 fully saturated rings. The molecule has 34 heavy (non-hydrogen) atoms. The number of hydrogen-bond donors (Lipinski definition) is 1. The van der Waals surface area contributed by atoms with Crippen molar-refractivity contribution in [2.75, 3.05) is 5.32 Å². The van der Waals surface area contributed by atoms with E-state index in [-0.39, 0.29) is 5.82 Å². The number of fused-ring (bicyclic) bond motifs is 1. The molecule has 0 radical (unpaired) electrons. The van der Waals surface area contributed by atoms with Crippen LogP contribution in [-0.2, 0) is 7.05 Å². The minimum absolute atomic E-state index is 0.321. The van der Waals surface area contributed by atoms with Gasteiger partial charge in [0.15, 0.2) is 11.9 Å². The Morgan fingerprint density at radius 3 is 2.62 bits per heavy atom. The molecular formula is C25H22FN7O. The average Bonchev–Trinajstić information content (AvgIpc) is 3.29. The van der Waals surface area contributed by atoms with Gasteiger partial charge in [-0.3, -0.25) is 4.68 Å². The lowest BCUT2D eigenvalue weighted by atomic mass is 10.1. The summed E-state index contributed by atoms with van der Waals surface area (Å²) in [6.45, 7) is 3.59. The minimum Gasteiger partial charge on any atom is -0.482 e. The molecule has 9 heteroatoms. The van der Waals surface area contributed by atoms with E-state index in [1.54, 1.807) is 54.5 Å². The Morgan fingerprint density at radius 2 is 1.85 bits per heavy atom. The summed E-state index contributed by atoms with van der Waals surface area (Å²) in [4.78, 5) is 17.5. The highest BCUT2D eigenvalue weighted by atomic mass is 19.1. The fourth-order valence-corrected chi connectivity index (χ4v) is 3.71. The molecule has 3 heterocycles. The second-order valence-electron chi connectivity index (χ2n) is 7.92. The number of halogens is 1. The van der Waals surface area contributed by atoms with Gasteiger partial charge in [-0.25, -0.2) is 24.3 Å². The number of aryl methyl sites for hydroxylation is 2. The molecule has 0 aliphatic heterocycles. The van der Waals surface area contributed by atoms with Gasteiger partial charge < -0.3 is 10.1 Å². The van der Waals surface area contributed by atoms with E-state index in [9.17, 15) is 4.39 Å². The van der Waals surface area contributed by atoms with Crippen LogP contribution in [0, 0.1) is 12.7 Å². The molecule has 1 atom stereocenters. The summed E-state index contributed by atoms with van der Waals surface area (Å²) in [5.41, 5.74) is 3.29. The quantitative estimate of drug-likeness (QED) is 0.379. The minimum atomic E-state index is -0.447. The summed E-state index contributed by atoms with van der Waals surface area (Å²) >= 11 is 0. The third kappa shape index (κ3) is 4.15. The van der Waals surface area contributed by atoms with E-state index in [2.05, 4.69) is 30.4 Å². The number of anilines is 2. The van der Waals surface area contributed by atoms with Gasteiger partial charge in [-0.2, -0.15) is 5.10 Å². The molecule has 0 saturated heterocycles. The maximum absolute atomic E-state index is 14.7. The molecule has 170 valence electrons. The predicted octanol–water partition coefficient (Wildman–Crippen LogP) is 5.15. The van der Waals surface area contributed by atoms with E-state index in [1.807, 2.05) is 32.3 Å². The summed E-state index contributed by atoms with van der Waals surface area (Å²) in [6, 6.07) is 10.8. The summed E-state index contributed by atoms with van der Waals surface area (Å²) in [5.74, 6) is 1.16. The van der Waals surface area contributed by atoms with Crippen molar-refractivity contribution in [3.05, 3.63) is 84.7 Å². The van der Waals surface area contributed by atoms with Gasteiger partial charge in [0.05, 0.1) is 22.8 Å². The van der Waals surface area contributed by atoms with Crippen LogP contribution in [0.3, 0.4) is 0 Å². The second-order valence-corrected chi connectivity index (χ2v) is 7.92. The van der Waals surface area contributed by atoms with Crippen LogP contribution in [0.15, 0.2) is 67.5 Å². The lowest BCUT2D eigenvalue weighted by Gasteiger charge is -2.18. The third-order valence-electron chi connectivity index (χ3n) is 5.44. The third-order valence-corrected chi connectivity index (χ3v) is 5.44. The van der Waals surface area contributed by atoms with Crippen molar-refractivity contribution in [2.45, 2.75) is 20.0 Å². The van der Waals surface area contributed by atoms with Crippen LogP contribution < -0.4 is 10.1 Å². The summed E-state index contributed by atoms with van der Waals surface area (Å²) in [6.07, 6.45) is 8.02. The maximum Gasteiger partial charge on any atom is 0.168 e. The Morgan fingerprint density at radius 1 is 1.03 bits per heavy atom. The normalized spacial score (nSPS) is 12.0. The molecule has 0 spiro atoms. The van der Waals surface area contributed by atoms with Gasteiger partial charge in [-0.15, -0.1) is 0 Å². The van der Waals surface area contributed by atoms with Gasteiger partial charge in [0, 0.05) is 31.2 Å². The van der Waals surface area contributed by atoms with Crippen LogP contribution in [0.25, 0.3) is 22.0 Å². The van der Waals surface area contributed by atoms with Crippen molar-refractivity contribution in [3.8, 4) is 16.9 Å². The number of aromatic nitrogens is 6. The van der Waals surface area contributed by atoms with E-state index in [1.165, 1.54) is 6.33 Å². The molecule has 5 rings (SSSR count). The predicted molar refractivity (Wildman–Crippen MR) is 127 cm³/mol. The zero-order chi connectivity index (χ0) is 23.7. The van der Waals surface area contributed by atoms with E-state index in [4.69, 9.17) is 4.74 Å². The van der Waals surface area contributed by atoms with Crippen LogP contribution in [0.2, 0.25) is 0 Å². The number of benzene rings is 2. The molecule has 3 aromatic heterocycles. The van der Waals surface area contributed by atoms with E-state index in [0.717, 1.165) is 11.1 Å². The Labute approximate surface area is 195 Å². The van der Waals surface area contributed by atoms with Crippen molar-refractivity contribution in [1.82, 2.24) is 29.7 Å². The van der Waals surface area contributed by atoms with Crippen molar-refractivity contribution in [2.24, 2.45) is 7.05 Å². The summed E-state index contributed by atoms with van der Waals surface area (Å²) < 4.78 is 22.8. The van der Waals surface area contributed by atoms with Crippen molar-refractivity contribution in [1.29, 1.82) is 0 Å². The van der Waals surface area contributed by atoms with Crippen LogP contribution in [-0.4, -0.2) is 29.7 Å². The highest BCUT2D eigenvalue weighted by Crippen LogP contribution is 2.38.